The SMILES string of the molecule is CNC(=O)Nc1ccc(NC(=O)c2ccc(NCc3ccccc3Cl)c([N+](=O)[O-])c2)cc1. The molecule has 164 valence electrons. The van der Waals surface area contributed by atoms with Crippen molar-refractivity contribution in [1.82, 2.24) is 5.32 Å². The van der Waals surface area contributed by atoms with Gasteiger partial charge in [0, 0.05) is 41.6 Å². The van der Waals surface area contributed by atoms with Crippen LogP contribution in [0.1, 0.15) is 15.9 Å². The minimum Gasteiger partial charge on any atom is -0.375 e. The van der Waals surface area contributed by atoms with Gasteiger partial charge in [0.15, 0.2) is 0 Å². The summed E-state index contributed by atoms with van der Waals surface area (Å²) in [6, 6.07) is 17.5. The van der Waals surface area contributed by atoms with Gasteiger partial charge >= 0.3 is 6.03 Å². The Hall–Kier alpha value is -4.11. The lowest BCUT2D eigenvalue weighted by Crippen LogP contribution is -2.24. The van der Waals surface area contributed by atoms with Crippen molar-refractivity contribution in [3.8, 4) is 0 Å². The van der Waals surface area contributed by atoms with Gasteiger partial charge in [0.05, 0.1) is 4.92 Å². The van der Waals surface area contributed by atoms with Crippen LogP contribution in [0.15, 0.2) is 66.7 Å². The summed E-state index contributed by atoms with van der Waals surface area (Å²) in [5.74, 6) is -0.502. The molecule has 10 heteroatoms. The second-order valence-electron chi connectivity index (χ2n) is 6.67. The molecule has 0 fully saturated rings. The van der Waals surface area contributed by atoms with Crippen molar-refractivity contribution in [2.45, 2.75) is 6.54 Å². The number of benzene rings is 3. The number of anilines is 3. The maximum absolute atomic E-state index is 12.6. The van der Waals surface area contributed by atoms with Crippen molar-refractivity contribution < 1.29 is 14.5 Å². The molecule has 0 bridgehead atoms. The van der Waals surface area contributed by atoms with Crippen LogP contribution in [-0.2, 0) is 6.54 Å². The highest BCUT2D eigenvalue weighted by Crippen LogP contribution is 2.27. The standard InChI is InChI=1S/C22H20ClN5O4/c1-24-22(30)27-17-9-7-16(8-10-17)26-21(29)14-6-11-19(20(12-14)28(31)32)25-13-15-4-2-3-5-18(15)23/h2-12,25H,13H2,1H3,(H,26,29)(H2,24,27,30). The highest BCUT2D eigenvalue weighted by molar-refractivity contribution is 6.31. The number of nitrogens with one attached hydrogen (secondary N) is 4. The average Bonchev–Trinajstić information content (AvgIpc) is 2.79. The second kappa shape index (κ2) is 10.3. The predicted molar refractivity (Wildman–Crippen MR) is 124 cm³/mol. The van der Waals surface area contributed by atoms with Gasteiger partial charge in [-0.2, -0.15) is 0 Å². The lowest BCUT2D eigenvalue weighted by molar-refractivity contribution is -0.384. The fourth-order valence-electron chi connectivity index (χ4n) is 2.84. The molecule has 3 aromatic carbocycles. The van der Waals surface area contributed by atoms with Gasteiger partial charge in [0.2, 0.25) is 0 Å². The molecule has 3 rings (SSSR count). The van der Waals surface area contributed by atoms with Crippen LogP contribution in [0.5, 0.6) is 0 Å². The topological polar surface area (TPSA) is 125 Å². The van der Waals surface area contributed by atoms with E-state index in [0.29, 0.717) is 22.9 Å². The smallest absolute Gasteiger partial charge is 0.318 e. The molecule has 9 nitrogen and oxygen atoms in total. The van der Waals surface area contributed by atoms with Gasteiger partial charge in [-0.05, 0) is 48.0 Å². The van der Waals surface area contributed by atoms with Gasteiger partial charge in [0.25, 0.3) is 11.6 Å². The summed E-state index contributed by atoms with van der Waals surface area (Å²) in [5.41, 5.74) is 1.99. The van der Waals surface area contributed by atoms with E-state index in [9.17, 15) is 19.7 Å². The van der Waals surface area contributed by atoms with Crippen LogP contribution < -0.4 is 21.3 Å². The summed E-state index contributed by atoms with van der Waals surface area (Å²) < 4.78 is 0. The first kappa shape index (κ1) is 22.6. The van der Waals surface area contributed by atoms with Gasteiger partial charge in [-0.25, -0.2) is 4.79 Å². The summed E-state index contributed by atoms with van der Waals surface area (Å²) in [6.07, 6.45) is 0. The summed E-state index contributed by atoms with van der Waals surface area (Å²) in [5, 5.41) is 22.8. The number of carbonyl (C=O) groups is 2. The molecule has 0 heterocycles. The number of carbonyl (C=O) groups excluding carboxylic acids is 2. The van der Waals surface area contributed by atoms with Crippen LogP contribution in [0.4, 0.5) is 27.5 Å². The van der Waals surface area contributed by atoms with E-state index in [4.69, 9.17) is 11.6 Å². The third-order valence-corrected chi connectivity index (χ3v) is 4.88. The average molecular weight is 454 g/mol. The van der Waals surface area contributed by atoms with E-state index in [1.54, 1.807) is 36.4 Å². The lowest BCUT2D eigenvalue weighted by Gasteiger charge is -2.11. The zero-order valence-electron chi connectivity index (χ0n) is 17.0. The Morgan fingerprint density at radius 3 is 2.25 bits per heavy atom. The van der Waals surface area contributed by atoms with Crippen LogP contribution in [0, 0.1) is 10.1 Å². The molecule has 0 aromatic heterocycles. The van der Waals surface area contributed by atoms with Crippen LogP contribution in [0.25, 0.3) is 0 Å². The van der Waals surface area contributed by atoms with Gasteiger partial charge < -0.3 is 21.3 Å². The second-order valence-corrected chi connectivity index (χ2v) is 7.08. The van der Waals surface area contributed by atoms with E-state index in [1.165, 1.54) is 25.2 Å². The summed E-state index contributed by atoms with van der Waals surface area (Å²) >= 11 is 6.13. The van der Waals surface area contributed by atoms with Crippen molar-refractivity contribution in [2.75, 3.05) is 23.0 Å². The van der Waals surface area contributed by atoms with Crippen LogP contribution in [0.3, 0.4) is 0 Å². The Kier molecular flexibility index (Phi) is 7.25. The van der Waals surface area contributed by atoms with E-state index >= 15 is 0 Å². The number of urea groups is 1. The fraction of sp³-hybridized carbons (Fsp3) is 0.0909. The van der Waals surface area contributed by atoms with E-state index in [1.807, 2.05) is 12.1 Å². The zero-order chi connectivity index (χ0) is 23.1. The maximum atomic E-state index is 12.6. The number of amides is 3. The highest BCUT2D eigenvalue weighted by Gasteiger charge is 2.18. The fourth-order valence-corrected chi connectivity index (χ4v) is 3.04. The summed E-state index contributed by atoms with van der Waals surface area (Å²) in [6.45, 7) is 0.294. The summed E-state index contributed by atoms with van der Waals surface area (Å²) in [7, 11) is 1.50. The monoisotopic (exact) mass is 453 g/mol. The molecular weight excluding hydrogens is 434 g/mol. The van der Waals surface area contributed by atoms with Crippen molar-refractivity contribution in [1.29, 1.82) is 0 Å². The molecule has 0 spiro atoms. The van der Waals surface area contributed by atoms with Crippen molar-refractivity contribution in [3.63, 3.8) is 0 Å². The molecular formula is C22H20ClN5O4. The van der Waals surface area contributed by atoms with E-state index in [-0.39, 0.29) is 23.0 Å². The number of nitro groups is 1. The molecule has 4 N–H and O–H groups in total. The predicted octanol–water partition coefficient (Wildman–Crippen LogP) is 4.86. The quantitative estimate of drug-likeness (QED) is 0.300. The Morgan fingerprint density at radius 2 is 1.62 bits per heavy atom. The molecule has 0 radical (unpaired) electrons. The Bertz CT molecular complexity index is 1150. The van der Waals surface area contributed by atoms with Crippen LogP contribution >= 0.6 is 11.6 Å². The number of hydrogen-bond acceptors (Lipinski definition) is 5. The van der Waals surface area contributed by atoms with Gasteiger partial charge in [-0.15, -0.1) is 0 Å². The molecule has 3 amide bonds. The normalized spacial score (nSPS) is 10.2. The van der Waals surface area contributed by atoms with Crippen LogP contribution in [-0.4, -0.2) is 23.9 Å². The molecule has 0 aliphatic carbocycles. The first-order valence-corrected chi connectivity index (χ1v) is 9.91. The molecule has 32 heavy (non-hydrogen) atoms. The Balaban J connectivity index is 1.71. The molecule has 0 atom stereocenters. The lowest BCUT2D eigenvalue weighted by atomic mass is 10.1. The molecule has 0 saturated heterocycles. The molecule has 0 saturated carbocycles. The molecule has 3 aromatic rings. The number of nitrogens with zero attached hydrogens (tertiary/aromatic N) is 1. The van der Waals surface area contributed by atoms with E-state index in [0.717, 1.165) is 5.56 Å². The number of nitro benzene ring substituents is 1. The number of rotatable bonds is 7. The first-order chi connectivity index (χ1) is 15.4. The number of hydrogen-bond donors (Lipinski definition) is 4. The molecule has 0 aliphatic heterocycles. The first-order valence-electron chi connectivity index (χ1n) is 9.53. The molecule has 0 aliphatic rings. The largest absolute Gasteiger partial charge is 0.375 e. The minimum absolute atomic E-state index is 0.132. The third-order valence-electron chi connectivity index (χ3n) is 4.51. The zero-order valence-corrected chi connectivity index (χ0v) is 17.8. The molecule has 0 unspecified atom stereocenters. The summed E-state index contributed by atoms with van der Waals surface area (Å²) in [4.78, 5) is 34.9. The van der Waals surface area contributed by atoms with Gasteiger partial charge in [0.1, 0.15) is 5.69 Å². The van der Waals surface area contributed by atoms with Crippen molar-refractivity contribution in [3.05, 3.63) is 93.0 Å². The van der Waals surface area contributed by atoms with Gasteiger partial charge in [-0.3, -0.25) is 14.9 Å². The minimum atomic E-state index is -0.551. The third kappa shape index (κ3) is 5.73. The van der Waals surface area contributed by atoms with Crippen molar-refractivity contribution in [2.24, 2.45) is 0 Å². The van der Waals surface area contributed by atoms with Crippen molar-refractivity contribution >= 4 is 46.3 Å². The van der Waals surface area contributed by atoms with E-state index in [2.05, 4.69) is 21.3 Å². The Labute approximate surface area is 188 Å². The van der Waals surface area contributed by atoms with E-state index < -0.39 is 10.8 Å². The Morgan fingerprint density at radius 1 is 0.969 bits per heavy atom. The van der Waals surface area contributed by atoms with Gasteiger partial charge in [-0.1, -0.05) is 29.8 Å². The maximum Gasteiger partial charge on any atom is 0.318 e. The number of halogens is 1. The highest BCUT2D eigenvalue weighted by atomic mass is 35.5. The van der Waals surface area contributed by atoms with Crippen LogP contribution in [0.2, 0.25) is 5.02 Å².